The summed E-state index contributed by atoms with van der Waals surface area (Å²) in [6.07, 6.45) is -27.2. The highest BCUT2D eigenvalue weighted by molar-refractivity contribution is 6.61. The first-order chi connectivity index (χ1) is 11.7. The van der Waals surface area contributed by atoms with Crippen molar-refractivity contribution < 1.29 is 80.9 Å². The highest BCUT2D eigenvalue weighted by Gasteiger charge is 2.89. The third-order valence-electron chi connectivity index (χ3n) is 3.32. The Kier molecular flexibility index (Phi) is 4.05. The predicted octanol–water partition coefficient (Wildman–Crippen LogP) is 2.30. The van der Waals surface area contributed by atoms with Gasteiger partial charge in [0.1, 0.15) is 0 Å². The van der Waals surface area contributed by atoms with Crippen LogP contribution in [0.1, 0.15) is 0 Å². The second kappa shape index (κ2) is 5.12. The fraction of sp³-hybridized carbons (Fsp3) is 0.750. The number of carbonyl (C=O) groups excluding carboxylic acids is 2. The SMILES string of the molecule is O=C1O[B-]2(OC(=O)C(C(F)(F)F)(C(F)(F)F)O2)OC1(C(F)(F)F)C(F)(F)F. The largest absolute Gasteiger partial charge is 0.658 e. The summed E-state index contributed by atoms with van der Waals surface area (Å²) >= 11 is 0. The average Bonchev–Trinajstić information content (AvgIpc) is 2.82. The maximum atomic E-state index is 12.8. The van der Waals surface area contributed by atoms with E-state index in [1.807, 2.05) is 0 Å². The maximum Gasteiger partial charge on any atom is 0.658 e. The summed E-state index contributed by atoms with van der Waals surface area (Å²) in [5.41, 5.74) is -12.1. The van der Waals surface area contributed by atoms with Crippen molar-refractivity contribution in [2.75, 3.05) is 0 Å². The number of halogens is 12. The van der Waals surface area contributed by atoms with E-state index in [9.17, 15) is 62.3 Å². The van der Waals surface area contributed by atoms with Gasteiger partial charge in [-0.05, 0) is 0 Å². The summed E-state index contributed by atoms with van der Waals surface area (Å²) in [5, 5.41) is 0. The minimum absolute atomic E-state index is 3.03. The first kappa shape index (κ1) is 21.4. The fourth-order valence-corrected chi connectivity index (χ4v) is 2.15. The number of carbonyl (C=O) groups is 2. The highest BCUT2D eigenvalue weighted by Crippen LogP contribution is 2.58. The summed E-state index contributed by atoms with van der Waals surface area (Å²) in [7, 11) is 0. The molecule has 0 bridgehead atoms. The van der Waals surface area contributed by atoms with E-state index in [-0.39, 0.29) is 0 Å². The molecule has 156 valence electrons. The van der Waals surface area contributed by atoms with Crippen LogP contribution in [0.2, 0.25) is 0 Å². The molecule has 2 heterocycles. The van der Waals surface area contributed by atoms with Crippen LogP contribution in [0.4, 0.5) is 52.7 Å². The Balaban J connectivity index is 2.64. The van der Waals surface area contributed by atoms with E-state index >= 15 is 0 Å². The van der Waals surface area contributed by atoms with Gasteiger partial charge in [0.25, 0.3) is 0 Å². The van der Waals surface area contributed by atoms with Crippen LogP contribution in [-0.2, 0) is 28.2 Å². The molecule has 2 rings (SSSR count). The smallest absolute Gasteiger partial charge is 0.605 e. The first-order valence-electron chi connectivity index (χ1n) is 5.94. The summed E-state index contributed by atoms with van der Waals surface area (Å²) in [5.74, 6) is -7.09. The van der Waals surface area contributed by atoms with Gasteiger partial charge in [0.2, 0.25) is 0 Å². The number of alkyl halides is 12. The van der Waals surface area contributed by atoms with Crippen molar-refractivity contribution in [2.45, 2.75) is 35.9 Å². The van der Waals surface area contributed by atoms with Crippen LogP contribution in [0.25, 0.3) is 0 Å². The van der Waals surface area contributed by atoms with E-state index in [4.69, 9.17) is 0 Å². The van der Waals surface area contributed by atoms with Crippen molar-refractivity contribution in [1.29, 1.82) is 0 Å². The quantitative estimate of drug-likeness (QED) is 0.434. The van der Waals surface area contributed by atoms with Crippen molar-refractivity contribution in [3.05, 3.63) is 0 Å². The lowest BCUT2D eigenvalue weighted by molar-refractivity contribution is -0.352. The van der Waals surface area contributed by atoms with Crippen molar-refractivity contribution in [3.63, 3.8) is 0 Å². The zero-order chi connectivity index (χ0) is 21.5. The zero-order valence-electron chi connectivity index (χ0n) is 11.6. The Morgan fingerprint density at radius 2 is 0.778 bits per heavy atom. The Labute approximate surface area is 137 Å². The summed E-state index contributed by atoms with van der Waals surface area (Å²) in [6, 6.07) is 0. The Bertz CT molecular complexity index is 587. The summed E-state index contributed by atoms with van der Waals surface area (Å²) < 4.78 is 166. The van der Waals surface area contributed by atoms with Crippen molar-refractivity contribution in [3.8, 4) is 0 Å². The zero-order valence-corrected chi connectivity index (χ0v) is 11.6. The van der Waals surface area contributed by atoms with E-state index < -0.39 is 54.8 Å². The van der Waals surface area contributed by atoms with Gasteiger partial charge in [0.15, 0.2) is 0 Å². The lowest BCUT2D eigenvalue weighted by atomic mass is 10.00. The molecule has 0 unspecified atom stereocenters. The van der Waals surface area contributed by atoms with Gasteiger partial charge >= 0.3 is 54.8 Å². The molecule has 0 aromatic rings. The second-order valence-corrected chi connectivity index (χ2v) is 4.98. The van der Waals surface area contributed by atoms with Gasteiger partial charge in [-0.1, -0.05) is 0 Å². The molecule has 0 N–H and O–H groups in total. The molecule has 2 aliphatic heterocycles. The van der Waals surface area contributed by atoms with Gasteiger partial charge in [-0.3, -0.25) is 9.59 Å². The number of rotatable bonds is 0. The molecule has 0 aromatic heterocycles. The molecule has 0 atom stereocenters. The van der Waals surface area contributed by atoms with Gasteiger partial charge in [0.05, 0.1) is 0 Å². The average molecular weight is 431 g/mol. The molecule has 0 aliphatic carbocycles. The van der Waals surface area contributed by atoms with E-state index in [2.05, 4.69) is 18.6 Å². The van der Waals surface area contributed by atoms with E-state index in [0.717, 1.165) is 0 Å². The topological polar surface area (TPSA) is 71.1 Å². The van der Waals surface area contributed by atoms with Gasteiger partial charge < -0.3 is 18.6 Å². The molecular weight excluding hydrogens is 431 g/mol. The molecule has 2 aliphatic rings. The molecule has 0 aromatic carbocycles. The molecule has 2 fully saturated rings. The molecule has 0 amide bonds. The molecule has 19 heteroatoms. The lowest BCUT2D eigenvalue weighted by Gasteiger charge is -2.36. The molecular formula is C8BF12O6-. The van der Waals surface area contributed by atoms with E-state index in [0.29, 0.717) is 0 Å². The summed E-state index contributed by atoms with van der Waals surface area (Å²) in [4.78, 5) is 22.3. The van der Waals surface area contributed by atoms with Crippen LogP contribution < -0.4 is 0 Å². The maximum absolute atomic E-state index is 12.8. The van der Waals surface area contributed by atoms with Crippen LogP contribution in [0, 0.1) is 0 Å². The molecule has 6 nitrogen and oxygen atoms in total. The Morgan fingerprint density at radius 3 is 0.926 bits per heavy atom. The van der Waals surface area contributed by atoms with Gasteiger partial charge in [-0.15, -0.1) is 0 Å². The van der Waals surface area contributed by atoms with Crippen molar-refractivity contribution >= 4 is 18.9 Å². The normalized spacial score (nSPS) is 24.9. The van der Waals surface area contributed by atoms with Crippen LogP contribution in [0.5, 0.6) is 0 Å². The molecule has 0 radical (unpaired) electrons. The number of hydrogen-bond donors (Lipinski definition) is 0. The third-order valence-corrected chi connectivity index (χ3v) is 3.32. The second-order valence-electron chi connectivity index (χ2n) is 4.98. The third kappa shape index (κ3) is 2.53. The summed E-state index contributed by atoms with van der Waals surface area (Å²) in [6.45, 7) is -5.88. The van der Waals surface area contributed by atoms with E-state index in [1.54, 1.807) is 0 Å². The molecule has 27 heavy (non-hydrogen) atoms. The van der Waals surface area contributed by atoms with Gasteiger partial charge in [-0.25, -0.2) is 0 Å². The van der Waals surface area contributed by atoms with Crippen LogP contribution in [-0.4, -0.2) is 54.8 Å². The molecule has 1 spiro atoms. The van der Waals surface area contributed by atoms with Crippen LogP contribution in [0.15, 0.2) is 0 Å². The first-order valence-corrected chi connectivity index (χ1v) is 5.94. The molecule has 2 saturated heterocycles. The minimum atomic E-state index is -6.80. The predicted molar refractivity (Wildman–Crippen MR) is 49.8 cm³/mol. The number of hydrogen-bond acceptors (Lipinski definition) is 6. The van der Waals surface area contributed by atoms with Gasteiger partial charge in [-0.2, -0.15) is 52.7 Å². The highest BCUT2D eigenvalue weighted by atomic mass is 19.4. The minimum Gasteiger partial charge on any atom is -0.605 e. The lowest BCUT2D eigenvalue weighted by Crippen LogP contribution is -2.64. The Morgan fingerprint density at radius 1 is 0.556 bits per heavy atom. The van der Waals surface area contributed by atoms with Crippen LogP contribution >= 0.6 is 0 Å². The Hall–Kier alpha value is -1.92. The fourth-order valence-electron chi connectivity index (χ4n) is 2.15. The monoisotopic (exact) mass is 431 g/mol. The standard InChI is InChI=1S/C8BF12O6/c10-5(11,12)3(6(13,14)15)1(22)24-9(26-3)25-2(23)4(27-9,7(16,17)18)8(19,20)21/q-1. The van der Waals surface area contributed by atoms with Crippen LogP contribution in [0.3, 0.4) is 0 Å². The van der Waals surface area contributed by atoms with Crippen molar-refractivity contribution in [2.24, 2.45) is 0 Å². The molecule has 0 saturated carbocycles. The van der Waals surface area contributed by atoms with Crippen molar-refractivity contribution in [1.82, 2.24) is 0 Å². The van der Waals surface area contributed by atoms with Gasteiger partial charge in [0, 0.05) is 0 Å². The van der Waals surface area contributed by atoms with E-state index in [1.165, 1.54) is 0 Å².